The maximum absolute atomic E-state index is 5.56. The van der Waals surface area contributed by atoms with Gasteiger partial charge in [0, 0.05) is 13.2 Å². The zero-order valence-electron chi connectivity index (χ0n) is 10.4. The summed E-state index contributed by atoms with van der Waals surface area (Å²) in [7, 11) is 0. The zero-order valence-corrected chi connectivity index (χ0v) is 10.4. The first-order valence-corrected chi connectivity index (χ1v) is 6.68. The minimum atomic E-state index is 0.388. The molecule has 1 atom stereocenters. The van der Waals surface area contributed by atoms with Crippen LogP contribution in [0.15, 0.2) is 30.3 Å². The van der Waals surface area contributed by atoms with Crippen molar-refractivity contribution in [2.75, 3.05) is 19.8 Å². The van der Waals surface area contributed by atoms with Crippen LogP contribution in [-0.4, -0.2) is 25.9 Å². The van der Waals surface area contributed by atoms with Crippen LogP contribution in [0.5, 0.6) is 0 Å². The van der Waals surface area contributed by atoms with Crippen molar-refractivity contribution >= 4 is 0 Å². The number of hydrogen-bond acceptors (Lipinski definition) is 2. The van der Waals surface area contributed by atoms with Crippen LogP contribution in [0.4, 0.5) is 0 Å². The van der Waals surface area contributed by atoms with Crippen LogP contribution in [0.25, 0.3) is 0 Å². The third-order valence-corrected chi connectivity index (χ3v) is 3.19. The van der Waals surface area contributed by atoms with E-state index >= 15 is 0 Å². The van der Waals surface area contributed by atoms with Gasteiger partial charge in [0.05, 0.1) is 12.7 Å². The highest BCUT2D eigenvalue weighted by Gasteiger charge is 2.17. The number of hydrogen-bond donors (Lipinski definition) is 0. The van der Waals surface area contributed by atoms with Gasteiger partial charge < -0.3 is 9.47 Å². The van der Waals surface area contributed by atoms with Gasteiger partial charge in [-0.1, -0.05) is 36.8 Å². The molecule has 0 bridgehead atoms. The van der Waals surface area contributed by atoms with Crippen LogP contribution in [0.1, 0.15) is 31.2 Å². The summed E-state index contributed by atoms with van der Waals surface area (Å²) in [5, 5.41) is 0. The minimum absolute atomic E-state index is 0.388. The summed E-state index contributed by atoms with van der Waals surface area (Å²) in [6, 6.07) is 10.7. The number of benzene rings is 1. The van der Waals surface area contributed by atoms with Gasteiger partial charge in [-0.25, -0.2) is 0 Å². The molecule has 94 valence electrons. The summed E-state index contributed by atoms with van der Waals surface area (Å²) < 4.78 is 10.9. The van der Waals surface area contributed by atoms with E-state index in [1.54, 1.807) is 0 Å². The lowest BCUT2D eigenvalue weighted by atomic mass is 10.1. The van der Waals surface area contributed by atoms with Gasteiger partial charge in [-0.2, -0.15) is 0 Å². The van der Waals surface area contributed by atoms with Gasteiger partial charge in [-0.05, 0) is 31.2 Å². The predicted molar refractivity (Wildman–Crippen MR) is 69.2 cm³/mol. The Morgan fingerprint density at radius 1 is 1.12 bits per heavy atom. The molecule has 0 N–H and O–H groups in total. The SMILES string of the molecule is c1ccc(CCCCCOCC2CCO2)cc1. The molecule has 1 aromatic carbocycles. The van der Waals surface area contributed by atoms with Crippen molar-refractivity contribution in [2.24, 2.45) is 0 Å². The second kappa shape index (κ2) is 7.46. The van der Waals surface area contributed by atoms with Gasteiger partial charge >= 0.3 is 0 Å². The highest BCUT2D eigenvalue weighted by molar-refractivity contribution is 5.14. The molecule has 1 aliphatic heterocycles. The highest BCUT2D eigenvalue weighted by atomic mass is 16.5. The van der Waals surface area contributed by atoms with E-state index in [2.05, 4.69) is 30.3 Å². The summed E-state index contributed by atoms with van der Waals surface area (Å²) in [6.07, 6.45) is 6.42. The molecule has 0 aromatic heterocycles. The van der Waals surface area contributed by atoms with Gasteiger partial charge in [-0.3, -0.25) is 0 Å². The van der Waals surface area contributed by atoms with Gasteiger partial charge in [-0.15, -0.1) is 0 Å². The Labute approximate surface area is 104 Å². The average molecular weight is 234 g/mol. The average Bonchev–Trinajstić information content (AvgIpc) is 2.31. The topological polar surface area (TPSA) is 18.5 Å². The summed E-state index contributed by atoms with van der Waals surface area (Å²) in [5.74, 6) is 0. The second-order valence-corrected chi connectivity index (χ2v) is 4.65. The lowest BCUT2D eigenvalue weighted by molar-refractivity contribution is -0.0939. The Morgan fingerprint density at radius 3 is 2.65 bits per heavy atom. The minimum Gasteiger partial charge on any atom is -0.379 e. The van der Waals surface area contributed by atoms with E-state index in [0.29, 0.717) is 6.10 Å². The molecule has 1 saturated heterocycles. The number of ether oxygens (including phenoxy) is 2. The van der Waals surface area contributed by atoms with Crippen molar-refractivity contribution < 1.29 is 9.47 Å². The molecular formula is C15H22O2. The molecule has 2 nitrogen and oxygen atoms in total. The zero-order chi connectivity index (χ0) is 11.8. The van der Waals surface area contributed by atoms with E-state index in [-0.39, 0.29) is 0 Å². The van der Waals surface area contributed by atoms with Gasteiger partial charge in [0.2, 0.25) is 0 Å². The lowest BCUT2D eigenvalue weighted by Gasteiger charge is -2.25. The van der Waals surface area contributed by atoms with Crippen molar-refractivity contribution in [1.82, 2.24) is 0 Å². The Hall–Kier alpha value is -0.860. The second-order valence-electron chi connectivity index (χ2n) is 4.65. The van der Waals surface area contributed by atoms with Crippen LogP contribution in [0.2, 0.25) is 0 Å². The van der Waals surface area contributed by atoms with Gasteiger partial charge in [0.15, 0.2) is 0 Å². The van der Waals surface area contributed by atoms with Crippen LogP contribution >= 0.6 is 0 Å². The number of aryl methyl sites for hydroxylation is 1. The molecule has 2 heteroatoms. The van der Waals surface area contributed by atoms with E-state index < -0.39 is 0 Å². The summed E-state index contributed by atoms with van der Waals surface area (Å²) in [6.45, 7) is 2.60. The largest absolute Gasteiger partial charge is 0.379 e. The molecule has 1 heterocycles. The van der Waals surface area contributed by atoms with Crippen molar-refractivity contribution in [2.45, 2.75) is 38.2 Å². The van der Waals surface area contributed by atoms with E-state index in [0.717, 1.165) is 19.8 Å². The van der Waals surface area contributed by atoms with E-state index in [4.69, 9.17) is 9.47 Å². The van der Waals surface area contributed by atoms with Crippen LogP contribution in [0, 0.1) is 0 Å². The lowest BCUT2D eigenvalue weighted by Crippen LogP contribution is -2.31. The van der Waals surface area contributed by atoms with Crippen molar-refractivity contribution in [3.05, 3.63) is 35.9 Å². The first kappa shape index (κ1) is 12.6. The summed E-state index contributed by atoms with van der Waals surface area (Å²) in [5.41, 5.74) is 1.44. The van der Waals surface area contributed by atoms with Crippen molar-refractivity contribution in [3.8, 4) is 0 Å². The molecule has 0 saturated carbocycles. The quantitative estimate of drug-likeness (QED) is 0.643. The van der Waals surface area contributed by atoms with E-state index in [1.807, 2.05) is 0 Å². The first-order chi connectivity index (χ1) is 8.45. The normalized spacial score (nSPS) is 18.9. The molecule has 0 aliphatic carbocycles. The van der Waals surface area contributed by atoms with Crippen molar-refractivity contribution in [3.63, 3.8) is 0 Å². The molecule has 0 radical (unpaired) electrons. The highest BCUT2D eigenvalue weighted by Crippen LogP contribution is 2.11. The van der Waals surface area contributed by atoms with Gasteiger partial charge in [0.25, 0.3) is 0 Å². The van der Waals surface area contributed by atoms with E-state index in [9.17, 15) is 0 Å². The summed E-state index contributed by atoms with van der Waals surface area (Å²) >= 11 is 0. The Kier molecular flexibility index (Phi) is 5.53. The standard InChI is InChI=1S/C15H22O2/c1-3-7-14(8-4-1)9-5-2-6-11-16-13-15-10-12-17-15/h1,3-4,7-8,15H,2,5-6,9-13H2. The molecule has 0 amide bonds. The van der Waals surface area contributed by atoms with Gasteiger partial charge in [0.1, 0.15) is 0 Å². The molecule has 0 spiro atoms. The fourth-order valence-corrected chi connectivity index (χ4v) is 1.99. The molecular weight excluding hydrogens is 212 g/mol. The van der Waals surface area contributed by atoms with Crippen LogP contribution < -0.4 is 0 Å². The summed E-state index contributed by atoms with van der Waals surface area (Å²) in [4.78, 5) is 0. The Morgan fingerprint density at radius 2 is 1.94 bits per heavy atom. The third kappa shape index (κ3) is 4.88. The predicted octanol–water partition coefficient (Wildman–Crippen LogP) is 3.20. The molecule has 1 unspecified atom stereocenters. The smallest absolute Gasteiger partial charge is 0.0830 e. The maximum atomic E-state index is 5.56. The van der Waals surface area contributed by atoms with Crippen molar-refractivity contribution in [1.29, 1.82) is 0 Å². The van der Waals surface area contributed by atoms with Crippen LogP contribution in [0.3, 0.4) is 0 Å². The Bertz CT molecular complexity index is 293. The maximum Gasteiger partial charge on any atom is 0.0830 e. The molecule has 1 aliphatic rings. The van der Waals surface area contributed by atoms with E-state index in [1.165, 1.54) is 37.7 Å². The molecule has 2 rings (SSSR count). The fourth-order valence-electron chi connectivity index (χ4n) is 1.99. The molecule has 1 fully saturated rings. The third-order valence-electron chi connectivity index (χ3n) is 3.19. The Balaban J connectivity index is 1.41. The monoisotopic (exact) mass is 234 g/mol. The van der Waals surface area contributed by atoms with Crippen LogP contribution in [-0.2, 0) is 15.9 Å². The molecule has 17 heavy (non-hydrogen) atoms. The first-order valence-electron chi connectivity index (χ1n) is 6.68. The fraction of sp³-hybridized carbons (Fsp3) is 0.600. The number of rotatable bonds is 8. The number of unbranched alkanes of at least 4 members (excludes halogenated alkanes) is 2. The molecule has 1 aromatic rings.